The fraction of sp³-hybridized carbons (Fsp3) is 0.583. The predicted molar refractivity (Wildman–Crippen MR) is 64.1 cm³/mol. The van der Waals surface area contributed by atoms with E-state index in [0.717, 1.165) is 24.8 Å². The van der Waals surface area contributed by atoms with E-state index in [1.807, 2.05) is 19.1 Å². The maximum Gasteiger partial charge on any atom is 0.153 e. The van der Waals surface area contributed by atoms with Gasteiger partial charge in [-0.15, -0.1) is 0 Å². The highest BCUT2D eigenvalue weighted by Crippen LogP contribution is 2.31. The molecule has 0 saturated carbocycles. The molecule has 88 valence electrons. The van der Waals surface area contributed by atoms with Gasteiger partial charge in [-0.05, 0) is 30.4 Å². The van der Waals surface area contributed by atoms with E-state index in [9.17, 15) is 8.42 Å². The summed E-state index contributed by atoms with van der Waals surface area (Å²) in [7, 11) is -2.90. The maximum absolute atomic E-state index is 12.0. The molecule has 1 aliphatic heterocycles. The Morgan fingerprint density at radius 3 is 2.88 bits per heavy atom. The molecule has 0 aliphatic carbocycles. The van der Waals surface area contributed by atoms with E-state index in [-0.39, 0.29) is 11.2 Å². The standard InChI is InChI=1S/C12H17NO2S/c1-10(11-5-4-7-13-9-11)12-6-2-3-8-16(12,14)15/h4-5,7,9-10,12H,2-3,6,8H2,1H3. The van der Waals surface area contributed by atoms with Crippen LogP contribution < -0.4 is 0 Å². The lowest BCUT2D eigenvalue weighted by Gasteiger charge is -2.27. The van der Waals surface area contributed by atoms with Crippen LogP contribution in [0.5, 0.6) is 0 Å². The van der Waals surface area contributed by atoms with Gasteiger partial charge in [0.15, 0.2) is 9.84 Å². The minimum absolute atomic E-state index is 0.0546. The highest BCUT2D eigenvalue weighted by molar-refractivity contribution is 7.92. The van der Waals surface area contributed by atoms with Crippen LogP contribution in [0.4, 0.5) is 0 Å². The third kappa shape index (κ3) is 2.26. The summed E-state index contributed by atoms with van der Waals surface area (Å²) in [6.07, 6.45) is 6.12. The summed E-state index contributed by atoms with van der Waals surface area (Å²) in [5.74, 6) is 0.404. The van der Waals surface area contributed by atoms with Gasteiger partial charge in [0.2, 0.25) is 0 Å². The van der Waals surface area contributed by atoms with Crippen LogP contribution in [0.25, 0.3) is 0 Å². The number of pyridine rings is 1. The molecule has 2 atom stereocenters. The van der Waals surface area contributed by atoms with E-state index in [1.165, 1.54) is 0 Å². The molecule has 0 spiro atoms. The lowest BCUT2D eigenvalue weighted by atomic mass is 9.95. The van der Waals surface area contributed by atoms with Crippen molar-refractivity contribution in [3.05, 3.63) is 30.1 Å². The third-order valence-corrected chi connectivity index (χ3v) is 5.82. The van der Waals surface area contributed by atoms with Gasteiger partial charge in [0.25, 0.3) is 0 Å². The molecular weight excluding hydrogens is 222 g/mol. The van der Waals surface area contributed by atoms with Crippen molar-refractivity contribution in [3.8, 4) is 0 Å². The van der Waals surface area contributed by atoms with Crippen molar-refractivity contribution in [1.29, 1.82) is 0 Å². The fourth-order valence-electron chi connectivity index (χ4n) is 2.40. The zero-order valence-corrected chi connectivity index (χ0v) is 10.3. The number of rotatable bonds is 2. The summed E-state index contributed by atoms with van der Waals surface area (Å²) in [5.41, 5.74) is 1.03. The zero-order chi connectivity index (χ0) is 11.6. The van der Waals surface area contributed by atoms with Crippen LogP contribution in [-0.2, 0) is 9.84 Å². The van der Waals surface area contributed by atoms with E-state index >= 15 is 0 Å². The van der Waals surface area contributed by atoms with Crippen molar-refractivity contribution in [3.63, 3.8) is 0 Å². The van der Waals surface area contributed by atoms with Gasteiger partial charge in [0.1, 0.15) is 0 Å². The van der Waals surface area contributed by atoms with Crippen molar-refractivity contribution >= 4 is 9.84 Å². The van der Waals surface area contributed by atoms with E-state index in [2.05, 4.69) is 4.98 Å². The first kappa shape index (κ1) is 11.6. The Balaban J connectivity index is 2.24. The number of aromatic nitrogens is 1. The molecule has 2 unspecified atom stereocenters. The molecule has 0 radical (unpaired) electrons. The van der Waals surface area contributed by atoms with Crippen LogP contribution in [0.3, 0.4) is 0 Å². The normalized spacial score (nSPS) is 26.2. The van der Waals surface area contributed by atoms with Gasteiger partial charge in [-0.2, -0.15) is 0 Å². The van der Waals surface area contributed by atoms with Crippen molar-refractivity contribution in [2.45, 2.75) is 37.4 Å². The Kier molecular flexibility index (Phi) is 3.28. The summed E-state index contributed by atoms with van der Waals surface area (Å²) >= 11 is 0. The topological polar surface area (TPSA) is 47.0 Å². The minimum atomic E-state index is -2.90. The largest absolute Gasteiger partial charge is 0.264 e. The predicted octanol–water partition coefficient (Wildman–Crippen LogP) is 2.15. The van der Waals surface area contributed by atoms with Crippen molar-refractivity contribution in [2.24, 2.45) is 0 Å². The Morgan fingerprint density at radius 2 is 2.25 bits per heavy atom. The highest BCUT2D eigenvalue weighted by Gasteiger charge is 2.33. The first-order chi connectivity index (χ1) is 7.61. The van der Waals surface area contributed by atoms with E-state index in [0.29, 0.717) is 5.75 Å². The van der Waals surface area contributed by atoms with E-state index < -0.39 is 9.84 Å². The van der Waals surface area contributed by atoms with E-state index in [1.54, 1.807) is 12.4 Å². The fourth-order valence-corrected chi connectivity index (χ4v) is 4.61. The first-order valence-electron chi connectivity index (χ1n) is 5.73. The molecule has 4 heteroatoms. The van der Waals surface area contributed by atoms with Gasteiger partial charge in [0.05, 0.1) is 11.0 Å². The van der Waals surface area contributed by atoms with Gasteiger partial charge < -0.3 is 0 Å². The molecule has 1 aliphatic rings. The summed E-state index contributed by atoms with van der Waals surface area (Å²) < 4.78 is 24.0. The van der Waals surface area contributed by atoms with Gasteiger partial charge in [-0.1, -0.05) is 19.4 Å². The molecular formula is C12H17NO2S. The second kappa shape index (κ2) is 4.53. The summed E-state index contributed by atoms with van der Waals surface area (Å²) in [5, 5.41) is -0.217. The van der Waals surface area contributed by atoms with Crippen molar-refractivity contribution < 1.29 is 8.42 Å². The molecule has 0 amide bonds. The molecule has 2 heterocycles. The third-order valence-electron chi connectivity index (χ3n) is 3.40. The number of hydrogen-bond acceptors (Lipinski definition) is 3. The summed E-state index contributed by atoms with van der Waals surface area (Å²) in [6.45, 7) is 1.99. The Morgan fingerprint density at radius 1 is 1.44 bits per heavy atom. The molecule has 0 bridgehead atoms. The van der Waals surface area contributed by atoms with Crippen LogP contribution in [0.2, 0.25) is 0 Å². The van der Waals surface area contributed by atoms with Gasteiger partial charge in [-0.3, -0.25) is 4.98 Å². The average Bonchev–Trinajstić information content (AvgIpc) is 2.29. The molecule has 1 aromatic rings. The van der Waals surface area contributed by atoms with Gasteiger partial charge in [0, 0.05) is 12.4 Å². The SMILES string of the molecule is CC(c1cccnc1)C1CCCCS1(=O)=O. The average molecular weight is 239 g/mol. The van der Waals surface area contributed by atoms with Crippen LogP contribution in [-0.4, -0.2) is 24.4 Å². The second-order valence-electron chi connectivity index (χ2n) is 4.48. The summed E-state index contributed by atoms with van der Waals surface area (Å²) in [4.78, 5) is 4.05. The van der Waals surface area contributed by atoms with E-state index in [4.69, 9.17) is 0 Å². The Labute approximate surface area is 96.8 Å². The molecule has 1 aromatic heterocycles. The van der Waals surface area contributed by atoms with Crippen LogP contribution in [0.1, 0.15) is 37.7 Å². The lowest BCUT2D eigenvalue weighted by Crippen LogP contribution is -2.32. The van der Waals surface area contributed by atoms with Crippen LogP contribution in [0.15, 0.2) is 24.5 Å². The zero-order valence-electron chi connectivity index (χ0n) is 9.46. The molecule has 0 N–H and O–H groups in total. The summed E-state index contributed by atoms with van der Waals surface area (Å²) in [6, 6.07) is 3.82. The quantitative estimate of drug-likeness (QED) is 0.794. The Hall–Kier alpha value is -0.900. The number of sulfone groups is 1. The molecule has 3 nitrogen and oxygen atoms in total. The molecule has 1 fully saturated rings. The monoisotopic (exact) mass is 239 g/mol. The van der Waals surface area contributed by atoms with Crippen molar-refractivity contribution in [2.75, 3.05) is 5.75 Å². The smallest absolute Gasteiger partial charge is 0.153 e. The van der Waals surface area contributed by atoms with Gasteiger partial charge in [-0.25, -0.2) is 8.42 Å². The highest BCUT2D eigenvalue weighted by atomic mass is 32.2. The second-order valence-corrected chi connectivity index (χ2v) is 6.82. The Bertz CT molecular complexity index is 441. The maximum atomic E-state index is 12.0. The minimum Gasteiger partial charge on any atom is -0.264 e. The molecule has 16 heavy (non-hydrogen) atoms. The lowest BCUT2D eigenvalue weighted by molar-refractivity contribution is 0.511. The van der Waals surface area contributed by atoms with Gasteiger partial charge >= 0.3 is 0 Å². The van der Waals surface area contributed by atoms with Crippen molar-refractivity contribution in [1.82, 2.24) is 4.98 Å². The molecule has 0 aromatic carbocycles. The van der Waals surface area contributed by atoms with Crippen LogP contribution in [0, 0.1) is 0 Å². The molecule has 2 rings (SSSR count). The van der Waals surface area contributed by atoms with Crippen LogP contribution >= 0.6 is 0 Å². The number of nitrogens with zero attached hydrogens (tertiary/aromatic N) is 1. The first-order valence-corrected chi connectivity index (χ1v) is 7.44. The molecule has 1 saturated heterocycles. The number of hydrogen-bond donors (Lipinski definition) is 0.